The van der Waals surface area contributed by atoms with E-state index in [2.05, 4.69) is 15.9 Å². The van der Waals surface area contributed by atoms with Crippen LogP contribution in [0.15, 0.2) is 0 Å². The maximum Gasteiger partial charge on any atom is 0.402 e. The minimum atomic E-state index is -4.22. The van der Waals surface area contributed by atoms with Gasteiger partial charge in [-0.2, -0.15) is 13.2 Å². The predicted molar refractivity (Wildman–Crippen MR) is 59.7 cm³/mol. The first kappa shape index (κ1) is 14.3. The molecule has 1 aliphatic rings. The molecule has 0 aromatic carbocycles. The van der Waals surface area contributed by atoms with Gasteiger partial charge in [0.25, 0.3) is 0 Å². The number of halogens is 4. The summed E-state index contributed by atoms with van der Waals surface area (Å²) in [6, 6.07) is -0.120. The molecule has 0 spiro atoms. The predicted octanol–water partition coefficient (Wildman–Crippen LogP) is 2.55. The Morgan fingerprint density at radius 3 is 2.56 bits per heavy atom. The highest BCUT2D eigenvalue weighted by Gasteiger charge is 2.39. The Morgan fingerprint density at radius 2 is 2.00 bits per heavy atom. The highest BCUT2D eigenvalue weighted by atomic mass is 79.9. The molecule has 2 nitrogen and oxygen atoms in total. The maximum absolute atomic E-state index is 12.4. The maximum atomic E-state index is 12.4. The Morgan fingerprint density at radius 1 is 1.31 bits per heavy atom. The van der Waals surface area contributed by atoms with Gasteiger partial charge in [0, 0.05) is 12.6 Å². The fraction of sp³-hybridized carbons (Fsp3) is 1.00. The third-order valence-electron chi connectivity index (χ3n) is 2.96. The molecule has 1 rings (SSSR count). The number of aliphatic hydroxyl groups excluding tert-OH is 1. The Bertz CT molecular complexity index is 213. The van der Waals surface area contributed by atoms with Gasteiger partial charge in [0.05, 0.1) is 6.61 Å². The number of hydrogen-bond donors (Lipinski definition) is 1. The van der Waals surface area contributed by atoms with Crippen LogP contribution < -0.4 is 0 Å². The van der Waals surface area contributed by atoms with Crippen LogP contribution in [0.2, 0.25) is 0 Å². The van der Waals surface area contributed by atoms with Crippen molar-refractivity contribution in [2.75, 3.05) is 19.7 Å². The van der Waals surface area contributed by atoms with E-state index in [1.807, 2.05) is 0 Å². The number of alkyl halides is 4. The lowest BCUT2D eigenvalue weighted by molar-refractivity contribution is -0.132. The summed E-state index contributed by atoms with van der Waals surface area (Å²) in [6.07, 6.45) is -0.499. The summed E-state index contributed by atoms with van der Waals surface area (Å²) in [7, 11) is 0. The third-order valence-corrected chi connectivity index (χ3v) is 3.77. The Labute approximate surface area is 102 Å². The summed E-state index contributed by atoms with van der Waals surface area (Å²) in [4.78, 5) is 0.243. The average molecular weight is 304 g/mol. The van der Waals surface area contributed by atoms with Gasteiger partial charge in [0.1, 0.15) is 4.83 Å². The Hall–Kier alpha value is 0.190. The van der Waals surface area contributed by atoms with Crippen LogP contribution in [0.5, 0.6) is 0 Å². The minimum Gasteiger partial charge on any atom is -0.395 e. The van der Waals surface area contributed by atoms with Gasteiger partial charge in [-0.15, -0.1) is 0 Å². The van der Waals surface area contributed by atoms with Crippen molar-refractivity contribution >= 4 is 15.9 Å². The molecular formula is C10H17BrF3NO. The molecule has 16 heavy (non-hydrogen) atoms. The quantitative estimate of drug-likeness (QED) is 0.810. The van der Waals surface area contributed by atoms with Gasteiger partial charge in [0.15, 0.2) is 0 Å². The van der Waals surface area contributed by atoms with Gasteiger partial charge < -0.3 is 5.11 Å². The molecule has 0 aromatic heterocycles. The second kappa shape index (κ2) is 6.21. The molecule has 6 heteroatoms. The normalized spacial score (nSPS) is 26.4. The molecule has 0 aliphatic carbocycles. The number of hydrogen-bond acceptors (Lipinski definition) is 2. The van der Waals surface area contributed by atoms with Crippen molar-refractivity contribution in [1.82, 2.24) is 4.90 Å². The minimum absolute atomic E-state index is 0.0580. The van der Waals surface area contributed by atoms with Crippen molar-refractivity contribution in [2.24, 2.45) is 0 Å². The smallest absolute Gasteiger partial charge is 0.395 e. The van der Waals surface area contributed by atoms with E-state index < -0.39 is 11.0 Å². The van der Waals surface area contributed by atoms with Crippen molar-refractivity contribution < 1.29 is 18.3 Å². The van der Waals surface area contributed by atoms with Crippen LogP contribution >= 0.6 is 15.9 Å². The van der Waals surface area contributed by atoms with Crippen molar-refractivity contribution in [2.45, 2.75) is 42.7 Å². The van der Waals surface area contributed by atoms with Crippen LogP contribution in [0.3, 0.4) is 0 Å². The van der Waals surface area contributed by atoms with E-state index in [0.717, 1.165) is 25.7 Å². The van der Waals surface area contributed by atoms with Crippen molar-refractivity contribution in [3.63, 3.8) is 0 Å². The summed E-state index contributed by atoms with van der Waals surface area (Å²) in [5.41, 5.74) is 0. The Balaban J connectivity index is 2.54. The number of rotatable bonds is 3. The van der Waals surface area contributed by atoms with Gasteiger partial charge in [-0.1, -0.05) is 28.8 Å². The van der Waals surface area contributed by atoms with E-state index in [9.17, 15) is 13.2 Å². The van der Waals surface area contributed by atoms with Gasteiger partial charge in [-0.3, -0.25) is 4.90 Å². The van der Waals surface area contributed by atoms with E-state index in [1.165, 1.54) is 0 Å². The number of likely N-dealkylation sites (tertiary alicyclic amines) is 1. The lowest BCUT2D eigenvalue weighted by Gasteiger charge is -2.30. The molecule has 2 unspecified atom stereocenters. The Kier molecular flexibility index (Phi) is 5.53. The van der Waals surface area contributed by atoms with E-state index >= 15 is 0 Å². The van der Waals surface area contributed by atoms with Crippen LogP contribution in [-0.4, -0.2) is 46.7 Å². The fourth-order valence-electron chi connectivity index (χ4n) is 1.99. The SMILES string of the molecule is OCC1CCCCCN1CC(Br)C(F)(F)F. The van der Waals surface area contributed by atoms with Gasteiger partial charge in [-0.05, 0) is 19.4 Å². The first-order valence-electron chi connectivity index (χ1n) is 5.51. The van der Waals surface area contributed by atoms with Crippen LogP contribution in [0.4, 0.5) is 13.2 Å². The van der Waals surface area contributed by atoms with Crippen LogP contribution in [0, 0.1) is 0 Å². The monoisotopic (exact) mass is 303 g/mol. The lowest BCUT2D eigenvalue weighted by Crippen LogP contribution is -2.44. The van der Waals surface area contributed by atoms with E-state index in [4.69, 9.17) is 5.11 Å². The zero-order valence-corrected chi connectivity index (χ0v) is 10.6. The topological polar surface area (TPSA) is 23.5 Å². The molecule has 0 saturated carbocycles. The van der Waals surface area contributed by atoms with Crippen molar-refractivity contribution in [3.8, 4) is 0 Å². The highest BCUT2D eigenvalue weighted by molar-refractivity contribution is 9.09. The van der Waals surface area contributed by atoms with Crippen LogP contribution in [0.1, 0.15) is 25.7 Å². The summed E-state index contributed by atoms with van der Waals surface area (Å²) >= 11 is 2.67. The first-order chi connectivity index (χ1) is 7.45. The molecular weight excluding hydrogens is 287 g/mol. The third kappa shape index (κ3) is 4.22. The fourth-order valence-corrected chi connectivity index (χ4v) is 2.37. The zero-order valence-electron chi connectivity index (χ0n) is 9.01. The lowest BCUT2D eigenvalue weighted by atomic mass is 10.1. The summed E-state index contributed by atoms with van der Waals surface area (Å²) in [5, 5.41) is 9.16. The summed E-state index contributed by atoms with van der Waals surface area (Å²) < 4.78 is 37.2. The van der Waals surface area contributed by atoms with Crippen LogP contribution in [0.25, 0.3) is 0 Å². The van der Waals surface area contributed by atoms with Gasteiger partial charge in [0.2, 0.25) is 0 Å². The number of nitrogens with zero attached hydrogens (tertiary/aromatic N) is 1. The molecule has 0 amide bonds. The molecule has 96 valence electrons. The zero-order chi connectivity index (χ0) is 12.2. The number of aliphatic hydroxyl groups is 1. The summed E-state index contributed by atoms with van der Waals surface area (Å²) in [6.45, 7) is 0.510. The molecule has 0 aromatic rings. The molecule has 1 heterocycles. The average Bonchev–Trinajstić information content (AvgIpc) is 2.41. The molecule has 1 N–H and O–H groups in total. The van der Waals surface area contributed by atoms with Crippen molar-refractivity contribution in [1.29, 1.82) is 0 Å². The largest absolute Gasteiger partial charge is 0.402 e. The van der Waals surface area contributed by atoms with Crippen LogP contribution in [-0.2, 0) is 0 Å². The van der Waals surface area contributed by atoms with Gasteiger partial charge >= 0.3 is 6.18 Å². The van der Waals surface area contributed by atoms with E-state index in [0.29, 0.717) is 6.54 Å². The summed E-state index contributed by atoms with van der Waals surface area (Å²) in [5.74, 6) is 0. The molecule has 2 atom stereocenters. The van der Waals surface area contributed by atoms with Gasteiger partial charge in [-0.25, -0.2) is 0 Å². The molecule has 1 aliphatic heterocycles. The second-order valence-electron chi connectivity index (χ2n) is 4.19. The molecule has 1 fully saturated rings. The standard InChI is InChI=1S/C10H17BrF3NO/c11-9(10(12,13)14)6-15-5-3-1-2-4-8(15)7-16/h8-9,16H,1-7H2. The molecule has 0 radical (unpaired) electrons. The molecule has 1 saturated heterocycles. The second-order valence-corrected chi connectivity index (χ2v) is 5.30. The molecule has 0 bridgehead atoms. The van der Waals surface area contributed by atoms with E-state index in [1.54, 1.807) is 4.90 Å². The first-order valence-corrected chi connectivity index (χ1v) is 6.42. The highest BCUT2D eigenvalue weighted by Crippen LogP contribution is 2.28. The van der Waals surface area contributed by atoms with Crippen molar-refractivity contribution in [3.05, 3.63) is 0 Å². The van der Waals surface area contributed by atoms with E-state index in [-0.39, 0.29) is 19.2 Å².